The van der Waals surface area contributed by atoms with Gasteiger partial charge in [-0.1, -0.05) is 116 Å². The lowest BCUT2D eigenvalue weighted by Crippen LogP contribution is -2.63. The van der Waals surface area contributed by atoms with Crippen molar-refractivity contribution in [2.45, 2.75) is 243 Å². The summed E-state index contributed by atoms with van der Waals surface area (Å²) in [5.74, 6) is -11.5. The van der Waals surface area contributed by atoms with Crippen molar-refractivity contribution in [3.63, 3.8) is 0 Å². The van der Waals surface area contributed by atoms with Crippen molar-refractivity contribution in [3.05, 3.63) is 12.2 Å². The van der Waals surface area contributed by atoms with E-state index in [0.29, 0.717) is 25.6 Å². The number of piperazine rings is 1. The lowest BCUT2D eigenvalue weighted by Gasteiger charge is -2.41. The standard InChI is InChI=1S/C74H132N10O13/c1-27-29-30-50(15)66(88)65-67(89)75-56(28-2)71(93)76(20)54(19)69(91)81(25)64(53(18)43-97-36-35-83-31-33-84(34-32-83)49(13)14)62(87)42-55(47(9)10)70(92)77(21)57(37-44(3)4)61(86)40-51(16)60(85)41-52(17)68(90)78(22)58(38-45(5)6)72(94)79(23)59(39-46(7)8)73(95)80(24)63(48(11)12)74(96)82(65)26/h27,29,44-59,63-66,88H,28,30-43H2,1-26H3,(H,75,89)/b29-27+/t50-,51-,52+,53-,54-,55+,56+,57+,58+,59+,63+,64+,65+,66-/m1/s1. The van der Waals surface area contributed by atoms with Crippen molar-refractivity contribution in [1.82, 2.24) is 49.4 Å². The van der Waals surface area contributed by atoms with Crippen LogP contribution >= 0.6 is 0 Å². The summed E-state index contributed by atoms with van der Waals surface area (Å²) in [6.45, 7) is 39.3. The van der Waals surface area contributed by atoms with E-state index in [9.17, 15) is 24.3 Å². The molecule has 2 fully saturated rings. The Bertz CT molecular complexity index is 2640. The lowest BCUT2D eigenvalue weighted by atomic mass is 9.83. The highest BCUT2D eigenvalue weighted by atomic mass is 16.5. The molecule has 8 amide bonds. The van der Waals surface area contributed by atoms with Gasteiger partial charge in [-0.3, -0.25) is 62.5 Å². The Morgan fingerprint density at radius 2 is 0.979 bits per heavy atom. The van der Waals surface area contributed by atoms with Gasteiger partial charge in [0, 0.05) is 131 Å². The monoisotopic (exact) mass is 1370 g/mol. The van der Waals surface area contributed by atoms with Gasteiger partial charge in [-0.15, -0.1) is 0 Å². The molecule has 0 saturated carbocycles. The largest absolute Gasteiger partial charge is 0.390 e. The Hall–Kier alpha value is -5.65. The minimum atomic E-state index is -1.62. The van der Waals surface area contributed by atoms with E-state index in [1.54, 1.807) is 54.5 Å². The van der Waals surface area contributed by atoms with E-state index in [-0.39, 0.29) is 80.9 Å². The van der Waals surface area contributed by atoms with Crippen LogP contribution in [0.4, 0.5) is 0 Å². The Labute approximate surface area is 584 Å². The topological polar surface area (TPSA) is 258 Å². The number of carbonyl (C=O) groups excluding carboxylic acids is 11. The zero-order valence-corrected chi connectivity index (χ0v) is 64.7. The molecule has 0 radical (unpaired) electrons. The SMILES string of the molecule is C/C=C/C[C@@H](C)[C@@H](O)[C@H]1C(=O)N[C@@H](CC)C(=O)N(C)[C@H](C)C(=O)N(C)[C@@H]([C@H](C)COCCN2CCN(C(C)C)CC2)C(=O)C[C@@H](C(C)C)C(=O)N(C)[C@@H](CC(C)C)C(=O)C[C@@H](C)C(=O)C[C@H](C)C(=O)N(C)[C@@H](CC(C)C)C(=O)N(C)[C@@H](CC(C)C)C(=O)N(C)[C@@H](C(C)C)C(=O)N1C. The van der Waals surface area contributed by atoms with Gasteiger partial charge in [-0.25, -0.2) is 0 Å². The highest BCUT2D eigenvalue weighted by Crippen LogP contribution is 2.30. The van der Waals surface area contributed by atoms with Crippen molar-refractivity contribution >= 4 is 64.6 Å². The number of nitrogens with zero attached hydrogens (tertiary/aromatic N) is 9. The fourth-order valence-corrected chi connectivity index (χ4v) is 13.7. The number of amides is 8. The minimum Gasteiger partial charge on any atom is -0.390 e. The smallest absolute Gasteiger partial charge is 0.246 e. The fourth-order valence-electron chi connectivity index (χ4n) is 13.7. The van der Waals surface area contributed by atoms with Crippen LogP contribution in [-0.4, -0.2) is 270 Å². The van der Waals surface area contributed by atoms with Gasteiger partial charge in [0.05, 0.1) is 31.4 Å². The molecule has 23 nitrogen and oxygen atoms in total. The number of rotatable bonds is 20. The van der Waals surface area contributed by atoms with Gasteiger partial charge in [0.2, 0.25) is 47.3 Å². The summed E-state index contributed by atoms with van der Waals surface area (Å²) in [5, 5.41) is 15.1. The molecule has 2 N–H and O–H groups in total. The third-order valence-electron chi connectivity index (χ3n) is 20.3. The molecule has 97 heavy (non-hydrogen) atoms. The van der Waals surface area contributed by atoms with E-state index in [1.165, 1.54) is 85.7 Å². The van der Waals surface area contributed by atoms with E-state index < -0.39 is 149 Å². The van der Waals surface area contributed by atoms with Gasteiger partial charge < -0.3 is 49.5 Å². The molecule has 0 aromatic rings. The summed E-state index contributed by atoms with van der Waals surface area (Å²) in [7, 11) is 10.3. The molecule has 2 aliphatic rings. The molecule has 14 atom stereocenters. The number of nitrogens with one attached hydrogen (secondary N) is 1. The van der Waals surface area contributed by atoms with Crippen LogP contribution in [-0.2, 0) is 57.5 Å². The van der Waals surface area contributed by atoms with Crippen LogP contribution in [0.1, 0.15) is 183 Å². The van der Waals surface area contributed by atoms with Crippen LogP contribution < -0.4 is 5.32 Å². The van der Waals surface area contributed by atoms with E-state index in [1.807, 2.05) is 68.4 Å². The van der Waals surface area contributed by atoms with Crippen molar-refractivity contribution in [3.8, 4) is 0 Å². The lowest BCUT2D eigenvalue weighted by molar-refractivity contribution is -0.157. The molecule has 0 bridgehead atoms. The number of Topliss-reactive ketones (excluding diaryl/α,β-unsaturated/α-hetero) is 3. The quantitative estimate of drug-likeness (QED) is 0.0966. The van der Waals surface area contributed by atoms with Gasteiger partial charge in [-0.05, 0) is 95.3 Å². The predicted molar refractivity (Wildman–Crippen MR) is 380 cm³/mol. The minimum absolute atomic E-state index is 0.0132. The average molecular weight is 1370 g/mol. The molecule has 2 heterocycles. The molecule has 23 heteroatoms. The third-order valence-corrected chi connectivity index (χ3v) is 20.3. The zero-order valence-electron chi connectivity index (χ0n) is 64.7. The summed E-state index contributed by atoms with van der Waals surface area (Å²) in [6, 6.07) is -9.36. The number of ether oxygens (including phenoxy) is 1. The van der Waals surface area contributed by atoms with Gasteiger partial charge in [0.15, 0.2) is 11.6 Å². The Kier molecular flexibility index (Phi) is 36.6. The van der Waals surface area contributed by atoms with Crippen LogP contribution in [0, 0.1) is 59.2 Å². The second kappa shape index (κ2) is 40.6. The molecule has 0 aliphatic carbocycles. The fraction of sp³-hybridized carbons (Fsp3) is 0.824. The summed E-state index contributed by atoms with van der Waals surface area (Å²) in [5.41, 5.74) is 0. The van der Waals surface area contributed by atoms with Gasteiger partial charge in [0.1, 0.15) is 42.0 Å². The maximum atomic E-state index is 15.3. The Morgan fingerprint density at radius 3 is 1.46 bits per heavy atom. The first kappa shape index (κ1) is 87.4. The molecular weight excluding hydrogens is 1240 g/mol. The van der Waals surface area contributed by atoms with Crippen LogP contribution in [0.2, 0.25) is 0 Å². The molecule has 2 rings (SSSR count). The van der Waals surface area contributed by atoms with Crippen LogP contribution in [0.15, 0.2) is 12.2 Å². The van der Waals surface area contributed by atoms with Gasteiger partial charge >= 0.3 is 0 Å². The number of hydrogen-bond donors (Lipinski definition) is 2. The number of aliphatic hydroxyl groups excluding tert-OH is 1. The number of carbonyl (C=O) groups is 11. The molecular formula is C74H132N10O13. The average Bonchev–Trinajstić information content (AvgIpc) is 0.849. The molecule has 0 aromatic heterocycles. The maximum Gasteiger partial charge on any atom is 0.246 e. The summed E-state index contributed by atoms with van der Waals surface area (Å²) >= 11 is 0. The maximum absolute atomic E-state index is 15.3. The number of aliphatic hydroxyl groups is 1. The number of ketones is 3. The Balaban J connectivity index is 3.01. The predicted octanol–water partition coefficient (Wildman–Crippen LogP) is 6.56. The normalized spacial score (nSPS) is 27.8. The molecule has 0 spiro atoms. The molecule has 556 valence electrons. The summed E-state index contributed by atoms with van der Waals surface area (Å²) in [6.07, 6.45) is 2.21. The van der Waals surface area contributed by atoms with Gasteiger partial charge in [0.25, 0.3) is 0 Å². The highest BCUT2D eigenvalue weighted by Gasteiger charge is 2.47. The number of hydrogen-bond acceptors (Lipinski definition) is 15. The van der Waals surface area contributed by atoms with Crippen molar-refractivity contribution in [1.29, 1.82) is 0 Å². The van der Waals surface area contributed by atoms with E-state index in [4.69, 9.17) is 4.74 Å². The van der Waals surface area contributed by atoms with E-state index in [0.717, 1.165) is 31.1 Å². The van der Waals surface area contributed by atoms with Crippen molar-refractivity contribution < 1.29 is 62.6 Å². The van der Waals surface area contributed by atoms with Crippen molar-refractivity contribution in [2.24, 2.45) is 59.2 Å². The molecule has 2 aliphatic heterocycles. The third kappa shape index (κ3) is 24.6. The first-order chi connectivity index (χ1) is 45.0. The summed E-state index contributed by atoms with van der Waals surface area (Å²) in [4.78, 5) is 178. The highest BCUT2D eigenvalue weighted by molar-refractivity contribution is 6.00. The Morgan fingerprint density at radius 1 is 0.505 bits per heavy atom. The van der Waals surface area contributed by atoms with Crippen LogP contribution in [0.3, 0.4) is 0 Å². The second-order valence-corrected chi connectivity index (χ2v) is 30.8. The first-order valence-electron chi connectivity index (χ1n) is 36.1. The molecule has 0 unspecified atom stereocenters. The van der Waals surface area contributed by atoms with Crippen molar-refractivity contribution in [2.75, 3.05) is 95.3 Å². The summed E-state index contributed by atoms with van der Waals surface area (Å²) < 4.78 is 6.31. The molecule has 2 saturated heterocycles. The molecule has 0 aromatic carbocycles. The number of allylic oxidation sites excluding steroid dienone is 2. The van der Waals surface area contributed by atoms with E-state index >= 15 is 33.6 Å². The first-order valence-corrected chi connectivity index (χ1v) is 36.1. The van der Waals surface area contributed by atoms with Crippen LogP contribution in [0.5, 0.6) is 0 Å². The zero-order chi connectivity index (χ0) is 74.5. The van der Waals surface area contributed by atoms with E-state index in [2.05, 4.69) is 29.0 Å². The number of likely N-dealkylation sites (N-methyl/N-ethyl adjacent to an activating group) is 7. The van der Waals surface area contributed by atoms with Crippen LogP contribution in [0.25, 0.3) is 0 Å². The second-order valence-electron chi connectivity index (χ2n) is 30.8. The van der Waals surface area contributed by atoms with Gasteiger partial charge in [-0.2, -0.15) is 0 Å².